The summed E-state index contributed by atoms with van der Waals surface area (Å²) < 4.78 is 12.9. The van der Waals surface area contributed by atoms with Crippen LogP contribution in [0.3, 0.4) is 0 Å². The Morgan fingerprint density at radius 3 is 2.52 bits per heavy atom. The third-order valence-corrected chi connectivity index (χ3v) is 5.15. The minimum absolute atomic E-state index is 0.0287. The van der Waals surface area contributed by atoms with Crippen LogP contribution in [0.15, 0.2) is 35.9 Å². The van der Waals surface area contributed by atoms with Crippen LogP contribution in [-0.2, 0) is 6.54 Å². The maximum atomic E-state index is 12.9. The maximum absolute atomic E-state index is 12.9. The van der Waals surface area contributed by atoms with Crippen LogP contribution in [0.2, 0.25) is 0 Å². The van der Waals surface area contributed by atoms with Gasteiger partial charge in [-0.05, 0) is 49.8 Å². The number of piperazine rings is 1. The molecular formula is C20H28FN3O. The first-order chi connectivity index (χ1) is 12.2. The molecular weight excluding hydrogens is 317 g/mol. The van der Waals surface area contributed by atoms with Crippen LogP contribution in [0.25, 0.3) is 0 Å². The molecule has 1 fully saturated rings. The van der Waals surface area contributed by atoms with Crippen molar-refractivity contribution < 1.29 is 9.18 Å². The highest BCUT2D eigenvalue weighted by atomic mass is 19.1. The summed E-state index contributed by atoms with van der Waals surface area (Å²) in [5.41, 5.74) is 2.53. The van der Waals surface area contributed by atoms with E-state index in [4.69, 9.17) is 0 Å². The second-order valence-electron chi connectivity index (χ2n) is 6.97. The summed E-state index contributed by atoms with van der Waals surface area (Å²) in [6.07, 6.45) is 8.80. The van der Waals surface area contributed by atoms with Gasteiger partial charge in [-0.25, -0.2) is 9.18 Å². The summed E-state index contributed by atoms with van der Waals surface area (Å²) in [5.74, 6) is -0.254. The third-order valence-electron chi connectivity index (χ3n) is 5.15. The van der Waals surface area contributed by atoms with E-state index in [0.717, 1.165) is 38.3 Å². The van der Waals surface area contributed by atoms with E-state index in [1.54, 1.807) is 17.7 Å². The van der Waals surface area contributed by atoms with E-state index in [0.29, 0.717) is 6.54 Å². The van der Waals surface area contributed by atoms with E-state index in [9.17, 15) is 9.18 Å². The number of halogens is 1. The van der Waals surface area contributed by atoms with E-state index in [2.05, 4.69) is 16.3 Å². The first-order valence-corrected chi connectivity index (χ1v) is 9.38. The normalized spacial score (nSPS) is 18.8. The molecule has 25 heavy (non-hydrogen) atoms. The zero-order valence-electron chi connectivity index (χ0n) is 14.8. The zero-order valence-corrected chi connectivity index (χ0v) is 14.8. The number of urea groups is 1. The molecule has 1 aromatic rings. The third kappa shape index (κ3) is 5.56. The zero-order chi connectivity index (χ0) is 17.5. The molecule has 1 saturated heterocycles. The van der Waals surface area contributed by atoms with Crippen molar-refractivity contribution in [1.82, 2.24) is 15.1 Å². The quantitative estimate of drug-likeness (QED) is 0.829. The summed E-state index contributed by atoms with van der Waals surface area (Å²) in [6.45, 7) is 4.97. The predicted octanol–water partition coefficient (Wildman–Crippen LogP) is 3.54. The molecule has 0 spiro atoms. The number of allylic oxidation sites excluding steroid dienone is 1. The molecule has 0 saturated carbocycles. The van der Waals surface area contributed by atoms with Gasteiger partial charge in [-0.15, -0.1) is 0 Å². The fourth-order valence-corrected chi connectivity index (χ4v) is 3.50. The Morgan fingerprint density at radius 2 is 1.84 bits per heavy atom. The van der Waals surface area contributed by atoms with Crippen molar-refractivity contribution in [3.05, 3.63) is 47.3 Å². The fourth-order valence-electron chi connectivity index (χ4n) is 3.50. The molecule has 1 aliphatic carbocycles. The summed E-state index contributed by atoms with van der Waals surface area (Å²) in [7, 11) is 0. The number of amides is 2. The number of hydrogen-bond acceptors (Lipinski definition) is 2. The monoisotopic (exact) mass is 345 g/mol. The molecule has 0 bridgehead atoms. The molecule has 2 aliphatic rings. The Morgan fingerprint density at radius 1 is 1.08 bits per heavy atom. The second kappa shape index (κ2) is 8.99. The Labute approximate surface area is 149 Å². The van der Waals surface area contributed by atoms with Gasteiger partial charge in [-0.3, -0.25) is 4.90 Å². The predicted molar refractivity (Wildman–Crippen MR) is 97.8 cm³/mol. The molecule has 1 N–H and O–H groups in total. The SMILES string of the molecule is O=C(NCc1ccc(F)cc1)N1CCN(CCC2=CCCCC2)CC1. The number of carbonyl (C=O) groups is 1. The van der Waals surface area contributed by atoms with Crippen LogP contribution in [0.4, 0.5) is 9.18 Å². The first-order valence-electron chi connectivity index (χ1n) is 9.38. The van der Waals surface area contributed by atoms with Crippen LogP contribution in [0, 0.1) is 5.82 Å². The molecule has 3 rings (SSSR count). The van der Waals surface area contributed by atoms with E-state index < -0.39 is 0 Å². The lowest BCUT2D eigenvalue weighted by Crippen LogP contribution is -2.51. The van der Waals surface area contributed by atoms with Crippen LogP contribution in [0.1, 0.15) is 37.7 Å². The second-order valence-corrected chi connectivity index (χ2v) is 6.97. The average Bonchev–Trinajstić information content (AvgIpc) is 2.67. The van der Waals surface area contributed by atoms with Gasteiger partial charge in [-0.2, -0.15) is 0 Å². The highest BCUT2D eigenvalue weighted by molar-refractivity contribution is 5.74. The van der Waals surface area contributed by atoms with Crippen molar-refractivity contribution in [2.24, 2.45) is 0 Å². The van der Waals surface area contributed by atoms with Gasteiger partial charge in [0.15, 0.2) is 0 Å². The van der Waals surface area contributed by atoms with E-state index in [1.165, 1.54) is 44.2 Å². The van der Waals surface area contributed by atoms with Crippen molar-refractivity contribution in [2.45, 2.75) is 38.6 Å². The molecule has 2 amide bonds. The Bertz CT molecular complexity index is 591. The van der Waals surface area contributed by atoms with Crippen molar-refractivity contribution in [3.8, 4) is 0 Å². The van der Waals surface area contributed by atoms with Crippen LogP contribution < -0.4 is 5.32 Å². The number of benzene rings is 1. The maximum Gasteiger partial charge on any atom is 0.317 e. The molecule has 5 heteroatoms. The van der Waals surface area contributed by atoms with E-state index in [-0.39, 0.29) is 11.8 Å². The smallest absolute Gasteiger partial charge is 0.317 e. The standard InChI is InChI=1S/C20H28FN3O/c21-19-8-6-18(7-9-19)16-22-20(25)24-14-12-23(13-15-24)11-10-17-4-2-1-3-5-17/h4,6-9H,1-3,5,10-16H2,(H,22,25). The summed E-state index contributed by atoms with van der Waals surface area (Å²) in [6, 6.07) is 6.21. The molecule has 136 valence electrons. The van der Waals surface area contributed by atoms with Gasteiger partial charge < -0.3 is 10.2 Å². The van der Waals surface area contributed by atoms with Gasteiger partial charge in [0.25, 0.3) is 0 Å². The van der Waals surface area contributed by atoms with Crippen molar-refractivity contribution in [3.63, 3.8) is 0 Å². The topological polar surface area (TPSA) is 35.6 Å². The van der Waals surface area contributed by atoms with Gasteiger partial charge in [0.2, 0.25) is 0 Å². The lowest BCUT2D eigenvalue weighted by molar-refractivity contribution is 0.139. The highest BCUT2D eigenvalue weighted by Crippen LogP contribution is 2.20. The average molecular weight is 345 g/mol. The molecule has 1 aromatic carbocycles. The lowest BCUT2D eigenvalue weighted by atomic mass is 9.97. The molecule has 4 nitrogen and oxygen atoms in total. The molecule has 0 unspecified atom stereocenters. The Balaban J connectivity index is 1.35. The van der Waals surface area contributed by atoms with Gasteiger partial charge in [0, 0.05) is 39.3 Å². The van der Waals surface area contributed by atoms with Crippen LogP contribution in [0.5, 0.6) is 0 Å². The summed E-state index contributed by atoms with van der Waals surface area (Å²) in [5, 5.41) is 2.92. The van der Waals surface area contributed by atoms with Gasteiger partial charge in [0.1, 0.15) is 5.82 Å². The number of nitrogens with zero attached hydrogens (tertiary/aromatic N) is 2. The summed E-state index contributed by atoms with van der Waals surface area (Å²) in [4.78, 5) is 16.6. The van der Waals surface area contributed by atoms with Gasteiger partial charge >= 0.3 is 6.03 Å². The van der Waals surface area contributed by atoms with Gasteiger partial charge in [0.05, 0.1) is 0 Å². The molecule has 1 heterocycles. The number of hydrogen-bond donors (Lipinski definition) is 1. The molecule has 1 aliphatic heterocycles. The van der Waals surface area contributed by atoms with E-state index >= 15 is 0 Å². The molecule has 0 aromatic heterocycles. The summed E-state index contributed by atoms with van der Waals surface area (Å²) >= 11 is 0. The van der Waals surface area contributed by atoms with Crippen molar-refractivity contribution in [2.75, 3.05) is 32.7 Å². The van der Waals surface area contributed by atoms with Crippen LogP contribution >= 0.6 is 0 Å². The van der Waals surface area contributed by atoms with Gasteiger partial charge in [-0.1, -0.05) is 23.8 Å². The Hall–Kier alpha value is -1.88. The van der Waals surface area contributed by atoms with Crippen molar-refractivity contribution >= 4 is 6.03 Å². The number of rotatable bonds is 5. The molecule has 0 radical (unpaired) electrons. The minimum atomic E-state index is -0.254. The van der Waals surface area contributed by atoms with Crippen molar-refractivity contribution in [1.29, 1.82) is 0 Å². The number of carbonyl (C=O) groups excluding carboxylic acids is 1. The fraction of sp³-hybridized carbons (Fsp3) is 0.550. The minimum Gasteiger partial charge on any atom is -0.334 e. The van der Waals surface area contributed by atoms with E-state index in [1.807, 2.05) is 4.90 Å². The lowest BCUT2D eigenvalue weighted by Gasteiger charge is -2.35. The Kier molecular flexibility index (Phi) is 6.45. The number of nitrogens with one attached hydrogen (secondary N) is 1. The highest BCUT2D eigenvalue weighted by Gasteiger charge is 2.20. The largest absolute Gasteiger partial charge is 0.334 e. The van der Waals surface area contributed by atoms with Crippen LogP contribution in [-0.4, -0.2) is 48.6 Å². The molecule has 0 atom stereocenters. The first kappa shape index (κ1) is 17.9.